The second-order valence-corrected chi connectivity index (χ2v) is 3.49. The molecule has 1 heterocycles. The number of hydrogen-bond acceptors (Lipinski definition) is 2. The molecule has 0 unspecified atom stereocenters. The first-order valence-electron chi connectivity index (χ1n) is 3.47. The molecule has 62 valence electrons. The molecule has 0 amide bonds. The monoisotopic (exact) mass is 218 g/mol. The van der Waals surface area contributed by atoms with Crippen molar-refractivity contribution in [2.24, 2.45) is 0 Å². The topological polar surface area (TPSA) is 38.0 Å². The largest absolute Gasteiger partial charge is 0.391 e. The molecule has 0 fully saturated rings. The highest BCUT2D eigenvalue weighted by Gasteiger charge is 2.02. The minimum Gasteiger partial charge on any atom is -0.391 e. The second-order valence-electron chi connectivity index (χ2n) is 2.63. The van der Waals surface area contributed by atoms with E-state index in [1.807, 2.05) is 13.1 Å². The summed E-state index contributed by atoms with van der Waals surface area (Å²) in [7, 11) is 0. The number of rotatable bonds is 2. The molecular weight excluding hydrogens is 208 g/mol. The predicted octanol–water partition coefficient (Wildman–Crippen LogP) is 1.33. The molecule has 3 nitrogen and oxygen atoms in total. The summed E-state index contributed by atoms with van der Waals surface area (Å²) in [5.74, 6) is 0. The van der Waals surface area contributed by atoms with E-state index in [2.05, 4.69) is 21.0 Å². The standard InChI is InChI=1S/C7H11BrN2O/c1-5(11)3-10-4-7(8)6(2)9-10/h4-5,11H,3H2,1-2H3/t5-/m0/s1. The van der Waals surface area contributed by atoms with E-state index in [-0.39, 0.29) is 6.10 Å². The van der Waals surface area contributed by atoms with Gasteiger partial charge < -0.3 is 5.11 Å². The van der Waals surface area contributed by atoms with Gasteiger partial charge >= 0.3 is 0 Å². The molecule has 0 aliphatic rings. The van der Waals surface area contributed by atoms with E-state index in [1.54, 1.807) is 11.6 Å². The Morgan fingerprint density at radius 2 is 2.45 bits per heavy atom. The van der Waals surface area contributed by atoms with Crippen LogP contribution in [0.4, 0.5) is 0 Å². The van der Waals surface area contributed by atoms with Crippen molar-refractivity contribution in [3.63, 3.8) is 0 Å². The van der Waals surface area contributed by atoms with Crippen molar-refractivity contribution in [3.8, 4) is 0 Å². The Bertz CT molecular complexity index is 225. The fourth-order valence-corrected chi connectivity index (χ4v) is 1.17. The lowest BCUT2D eigenvalue weighted by Crippen LogP contribution is -2.11. The molecule has 0 saturated heterocycles. The maximum atomic E-state index is 9.03. The van der Waals surface area contributed by atoms with Crippen molar-refractivity contribution in [3.05, 3.63) is 16.4 Å². The van der Waals surface area contributed by atoms with Gasteiger partial charge in [-0.3, -0.25) is 4.68 Å². The second kappa shape index (κ2) is 3.36. The SMILES string of the molecule is Cc1nn(C[C@H](C)O)cc1Br. The molecule has 1 aromatic rings. The van der Waals surface area contributed by atoms with Gasteiger partial charge in [-0.15, -0.1) is 0 Å². The van der Waals surface area contributed by atoms with Crippen LogP contribution in [0.1, 0.15) is 12.6 Å². The summed E-state index contributed by atoms with van der Waals surface area (Å²) in [6, 6.07) is 0. The van der Waals surface area contributed by atoms with E-state index >= 15 is 0 Å². The molecule has 1 rings (SSSR count). The van der Waals surface area contributed by atoms with Crippen molar-refractivity contribution in [2.45, 2.75) is 26.5 Å². The van der Waals surface area contributed by atoms with Gasteiger partial charge in [0.1, 0.15) is 0 Å². The third-order valence-corrected chi connectivity index (χ3v) is 2.12. The number of hydrogen-bond donors (Lipinski definition) is 1. The Morgan fingerprint density at radius 3 is 2.82 bits per heavy atom. The van der Waals surface area contributed by atoms with Crippen molar-refractivity contribution in [1.29, 1.82) is 0 Å². The van der Waals surface area contributed by atoms with E-state index < -0.39 is 0 Å². The van der Waals surface area contributed by atoms with Gasteiger partial charge in [-0.2, -0.15) is 5.10 Å². The molecule has 1 atom stereocenters. The van der Waals surface area contributed by atoms with E-state index in [0.29, 0.717) is 6.54 Å². The van der Waals surface area contributed by atoms with Gasteiger partial charge in [0.05, 0.1) is 22.8 Å². The van der Waals surface area contributed by atoms with Crippen LogP contribution in [0.25, 0.3) is 0 Å². The summed E-state index contributed by atoms with van der Waals surface area (Å²) < 4.78 is 2.71. The van der Waals surface area contributed by atoms with Crippen LogP contribution >= 0.6 is 15.9 Å². The molecule has 1 N–H and O–H groups in total. The highest BCUT2D eigenvalue weighted by Crippen LogP contribution is 2.13. The lowest BCUT2D eigenvalue weighted by atomic mass is 10.4. The fraction of sp³-hybridized carbons (Fsp3) is 0.571. The van der Waals surface area contributed by atoms with E-state index in [0.717, 1.165) is 10.2 Å². The smallest absolute Gasteiger partial charge is 0.0735 e. The van der Waals surface area contributed by atoms with Crippen molar-refractivity contribution < 1.29 is 5.11 Å². The molecule has 0 saturated carbocycles. The average molecular weight is 219 g/mol. The van der Waals surface area contributed by atoms with Crippen LogP contribution in [0.15, 0.2) is 10.7 Å². The summed E-state index contributed by atoms with van der Waals surface area (Å²) in [5, 5.41) is 13.2. The third kappa shape index (κ3) is 2.31. The lowest BCUT2D eigenvalue weighted by Gasteiger charge is -2.02. The first-order chi connectivity index (χ1) is 5.09. The van der Waals surface area contributed by atoms with Gasteiger partial charge in [0, 0.05) is 6.20 Å². The Kier molecular flexibility index (Phi) is 2.67. The van der Waals surface area contributed by atoms with E-state index in [1.165, 1.54) is 0 Å². The van der Waals surface area contributed by atoms with Crippen LogP contribution in [-0.4, -0.2) is 21.0 Å². The van der Waals surface area contributed by atoms with Crippen LogP contribution in [0.5, 0.6) is 0 Å². The number of aryl methyl sites for hydroxylation is 1. The molecule has 0 aliphatic heterocycles. The van der Waals surface area contributed by atoms with Crippen LogP contribution in [0, 0.1) is 6.92 Å². The third-order valence-electron chi connectivity index (χ3n) is 1.34. The Morgan fingerprint density at radius 1 is 1.82 bits per heavy atom. The Balaban J connectivity index is 2.73. The van der Waals surface area contributed by atoms with Crippen LogP contribution in [-0.2, 0) is 6.54 Å². The number of aliphatic hydroxyl groups is 1. The first kappa shape index (κ1) is 8.74. The zero-order valence-corrected chi connectivity index (χ0v) is 8.17. The normalized spacial score (nSPS) is 13.5. The molecule has 0 radical (unpaired) electrons. The summed E-state index contributed by atoms with van der Waals surface area (Å²) >= 11 is 3.34. The minimum absolute atomic E-state index is 0.346. The highest BCUT2D eigenvalue weighted by molar-refractivity contribution is 9.10. The summed E-state index contributed by atoms with van der Waals surface area (Å²) in [5.41, 5.74) is 0.950. The van der Waals surface area contributed by atoms with Crippen LogP contribution in [0.3, 0.4) is 0 Å². The zero-order chi connectivity index (χ0) is 8.43. The first-order valence-corrected chi connectivity index (χ1v) is 4.26. The molecule has 4 heteroatoms. The zero-order valence-electron chi connectivity index (χ0n) is 6.58. The van der Waals surface area contributed by atoms with Gasteiger partial charge in [-0.1, -0.05) is 0 Å². The number of halogens is 1. The highest BCUT2D eigenvalue weighted by atomic mass is 79.9. The van der Waals surface area contributed by atoms with Crippen molar-refractivity contribution in [1.82, 2.24) is 9.78 Å². The Hall–Kier alpha value is -0.350. The van der Waals surface area contributed by atoms with Crippen molar-refractivity contribution >= 4 is 15.9 Å². The molecular formula is C7H11BrN2O. The van der Waals surface area contributed by atoms with Gasteiger partial charge in [0.15, 0.2) is 0 Å². The van der Waals surface area contributed by atoms with Gasteiger partial charge in [0.25, 0.3) is 0 Å². The lowest BCUT2D eigenvalue weighted by molar-refractivity contribution is 0.168. The minimum atomic E-state index is -0.346. The predicted molar refractivity (Wildman–Crippen MR) is 46.3 cm³/mol. The van der Waals surface area contributed by atoms with Gasteiger partial charge in [-0.25, -0.2) is 0 Å². The average Bonchev–Trinajstić information content (AvgIpc) is 2.10. The summed E-state index contributed by atoms with van der Waals surface area (Å²) in [6.45, 7) is 4.21. The number of aliphatic hydroxyl groups excluding tert-OH is 1. The van der Waals surface area contributed by atoms with Crippen molar-refractivity contribution in [2.75, 3.05) is 0 Å². The fourth-order valence-electron chi connectivity index (χ4n) is 0.858. The van der Waals surface area contributed by atoms with E-state index in [4.69, 9.17) is 5.11 Å². The number of nitrogens with zero attached hydrogens (tertiary/aromatic N) is 2. The molecule has 0 bridgehead atoms. The molecule has 0 aromatic carbocycles. The molecule has 11 heavy (non-hydrogen) atoms. The molecule has 0 spiro atoms. The quantitative estimate of drug-likeness (QED) is 0.814. The van der Waals surface area contributed by atoms with E-state index in [9.17, 15) is 0 Å². The van der Waals surface area contributed by atoms with Crippen LogP contribution < -0.4 is 0 Å². The molecule has 0 aliphatic carbocycles. The van der Waals surface area contributed by atoms with Crippen LogP contribution in [0.2, 0.25) is 0 Å². The number of aromatic nitrogens is 2. The summed E-state index contributed by atoms with van der Waals surface area (Å²) in [6.07, 6.45) is 1.52. The van der Waals surface area contributed by atoms with Gasteiger partial charge in [0.2, 0.25) is 0 Å². The summed E-state index contributed by atoms with van der Waals surface area (Å²) in [4.78, 5) is 0. The molecule has 1 aromatic heterocycles. The maximum absolute atomic E-state index is 9.03. The maximum Gasteiger partial charge on any atom is 0.0735 e. The Labute approximate surface area is 74.2 Å². The van der Waals surface area contributed by atoms with Gasteiger partial charge in [-0.05, 0) is 29.8 Å².